The second kappa shape index (κ2) is 6.09. The van der Waals surface area contributed by atoms with Gasteiger partial charge < -0.3 is 4.74 Å². The molecular formula is C16H17O. The first kappa shape index (κ1) is 11.7. The lowest BCUT2D eigenvalue weighted by atomic mass is 10.0. The Morgan fingerprint density at radius 1 is 0.941 bits per heavy atom. The third-order valence-electron chi connectivity index (χ3n) is 2.50. The van der Waals surface area contributed by atoms with Crippen molar-refractivity contribution in [3.8, 4) is 5.75 Å². The van der Waals surface area contributed by atoms with Crippen LogP contribution in [0.15, 0.2) is 54.6 Å². The molecule has 0 aliphatic carbocycles. The molecule has 2 aromatic carbocycles. The van der Waals surface area contributed by atoms with Crippen LogP contribution in [0.5, 0.6) is 5.75 Å². The molecule has 0 aliphatic heterocycles. The van der Waals surface area contributed by atoms with Crippen molar-refractivity contribution in [3.05, 3.63) is 72.1 Å². The second-order valence-corrected chi connectivity index (χ2v) is 3.94. The van der Waals surface area contributed by atoms with E-state index in [4.69, 9.17) is 4.74 Å². The lowest BCUT2D eigenvalue weighted by Crippen LogP contribution is -1.98. The quantitative estimate of drug-likeness (QED) is 0.745. The summed E-state index contributed by atoms with van der Waals surface area (Å²) < 4.78 is 5.73. The van der Waals surface area contributed by atoms with E-state index in [9.17, 15) is 0 Å². The van der Waals surface area contributed by atoms with Gasteiger partial charge in [-0.15, -0.1) is 0 Å². The molecule has 0 N–H and O–H groups in total. The van der Waals surface area contributed by atoms with E-state index in [0.29, 0.717) is 0 Å². The first-order valence-electron chi connectivity index (χ1n) is 6.02. The van der Waals surface area contributed by atoms with E-state index in [1.165, 1.54) is 5.56 Å². The molecule has 0 atom stereocenters. The average molecular weight is 225 g/mol. The average Bonchev–Trinajstić information content (AvgIpc) is 2.39. The predicted molar refractivity (Wildman–Crippen MR) is 71.2 cm³/mol. The minimum absolute atomic E-state index is 0.764. The van der Waals surface area contributed by atoms with Crippen LogP contribution < -0.4 is 4.74 Å². The van der Waals surface area contributed by atoms with Gasteiger partial charge >= 0.3 is 0 Å². The summed E-state index contributed by atoms with van der Waals surface area (Å²) in [5.74, 6) is 0.957. The Labute approximate surface area is 103 Å². The van der Waals surface area contributed by atoms with Gasteiger partial charge in [0.05, 0.1) is 6.61 Å². The number of hydrogen-bond donors (Lipinski definition) is 0. The molecule has 0 heterocycles. The molecule has 1 nitrogen and oxygen atoms in total. The zero-order chi connectivity index (χ0) is 11.9. The Balaban J connectivity index is 2.15. The molecule has 0 saturated heterocycles. The maximum atomic E-state index is 5.73. The second-order valence-electron chi connectivity index (χ2n) is 3.94. The van der Waals surface area contributed by atoms with Gasteiger partial charge in [0.25, 0.3) is 0 Å². The Morgan fingerprint density at radius 3 is 2.41 bits per heavy atom. The highest BCUT2D eigenvalue weighted by atomic mass is 16.5. The fourth-order valence-corrected chi connectivity index (χ4v) is 1.67. The van der Waals surface area contributed by atoms with Crippen LogP contribution in [0.4, 0.5) is 0 Å². The van der Waals surface area contributed by atoms with Crippen LogP contribution >= 0.6 is 0 Å². The molecule has 0 bridgehead atoms. The van der Waals surface area contributed by atoms with E-state index >= 15 is 0 Å². The normalized spacial score (nSPS) is 10.2. The van der Waals surface area contributed by atoms with Gasteiger partial charge in [-0.25, -0.2) is 0 Å². The first-order valence-corrected chi connectivity index (χ1v) is 6.02. The molecule has 1 radical (unpaired) electrons. The van der Waals surface area contributed by atoms with Gasteiger partial charge in [0.15, 0.2) is 0 Å². The van der Waals surface area contributed by atoms with Crippen LogP contribution in [-0.2, 0) is 0 Å². The third kappa shape index (κ3) is 3.35. The number of benzene rings is 2. The van der Waals surface area contributed by atoms with E-state index < -0.39 is 0 Å². The minimum Gasteiger partial charge on any atom is -0.493 e. The van der Waals surface area contributed by atoms with Gasteiger partial charge in [-0.1, -0.05) is 55.5 Å². The highest BCUT2D eigenvalue weighted by Crippen LogP contribution is 2.22. The molecule has 0 spiro atoms. The molecule has 2 rings (SSSR count). The van der Waals surface area contributed by atoms with Crippen LogP contribution in [-0.4, -0.2) is 6.61 Å². The van der Waals surface area contributed by atoms with Crippen molar-refractivity contribution in [1.82, 2.24) is 0 Å². The van der Waals surface area contributed by atoms with E-state index in [1.54, 1.807) is 0 Å². The summed E-state index contributed by atoms with van der Waals surface area (Å²) in [5, 5.41) is 0. The van der Waals surface area contributed by atoms with Gasteiger partial charge in [0, 0.05) is 12.0 Å². The van der Waals surface area contributed by atoms with E-state index in [0.717, 1.165) is 24.3 Å². The number of ether oxygens (including phenoxy) is 1. The predicted octanol–water partition coefficient (Wildman–Crippen LogP) is 4.08. The van der Waals surface area contributed by atoms with Gasteiger partial charge in [0.2, 0.25) is 0 Å². The molecule has 87 valence electrons. The summed E-state index contributed by atoms with van der Waals surface area (Å²) in [5.41, 5.74) is 2.33. The Morgan fingerprint density at radius 2 is 1.65 bits per heavy atom. The number of para-hydroxylation sites is 1. The molecule has 0 unspecified atom stereocenters. The smallest absolute Gasteiger partial charge is 0.123 e. The van der Waals surface area contributed by atoms with Gasteiger partial charge in [-0.2, -0.15) is 0 Å². The summed E-state index contributed by atoms with van der Waals surface area (Å²) >= 11 is 0. The fourth-order valence-electron chi connectivity index (χ4n) is 1.67. The van der Waals surface area contributed by atoms with Crippen molar-refractivity contribution in [3.63, 3.8) is 0 Å². The van der Waals surface area contributed by atoms with E-state index in [1.807, 2.05) is 36.4 Å². The summed E-state index contributed by atoms with van der Waals surface area (Å²) in [6.07, 6.45) is 3.17. The topological polar surface area (TPSA) is 9.23 Å². The molecule has 0 aliphatic rings. The number of hydrogen-bond acceptors (Lipinski definition) is 1. The maximum Gasteiger partial charge on any atom is 0.123 e. The van der Waals surface area contributed by atoms with Crippen LogP contribution in [0.25, 0.3) is 0 Å². The summed E-state index contributed by atoms with van der Waals surface area (Å²) in [4.78, 5) is 0. The summed E-state index contributed by atoms with van der Waals surface area (Å²) in [6, 6.07) is 18.4. The molecule has 2 aromatic rings. The van der Waals surface area contributed by atoms with Crippen molar-refractivity contribution in [2.24, 2.45) is 0 Å². The minimum atomic E-state index is 0.764. The van der Waals surface area contributed by atoms with Gasteiger partial charge in [-0.05, 0) is 18.1 Å². The van der Waals surface area contributed by atoms with Gasteiger partial charge in [0.1, 0.15) is 5.75 Å². The molecule has 17 heavy (non-hydrogen) atoms. The van der Waals surface area contributed by atoms with Crippen molar-refractivity contribution < 1.29 is 4.74 Å². The summed E-state index contributed by atoms with van der Waals surface area (Å²) in [7, 11) is 0. The van der Waals surface area contributed by atoms with Crippen LogP contribution in [0.2, 0.25) is 0 Å². The van der Waals surface area contributed by atoms with Crippen molar-refractivity contribution in [1.29, 1.82) is 0 Å². The molecule has 0 saturated carbocycles. The Bertz CT molecular complexity index is 448. The SMILES string of the molecule is CCCOc1ccccc1[CH]c1ccccc1. The third-order valence-corrected chi connectivity index (χ3v) is 2.50. The highest BCUT2D eigenvalue weighted by Gasteiger charge is 2.03. The Hall–Kier alpha value is -1.76. The van der Waals surface area contributed by atoms with Crippen molar-refractivity contribution in [2.75, 3.05) is 6.61 Å². The van der Waals surface area contributed by atoms with Crippen LogP contribution in [0.3, 0.4) is 0 Å². The molecule has 0 amide bonds. The maximum absolute atomic E-state index is 5.73. The lowest BCUT2D eigenvalue weighted by Gasteiger charge is -2.10. The standard InChI is InChI=1S/C16H17O/c1-2-12-17-16-11-7-6-10-15(16)13-14-8-4-3-5-9-14/h3-11,13H,2,12H2,1H3. The zero-order valence-corrected chi connectivity index (χ0v) is 10.1. The summed E-state index contributed by atoms with van der Waals surface area (Å²) in [6.45, 7) is 2.88. The molecular weight excluding hydrogens is 208 g/mol. The number of rotatable bonds is 5. The zero-order valence-electron chi connectivity index (χ0n) is 10.1. The molecule has 1 heteroatoms. The Kier molecular flexibility index (Phi) is 4.20. The van der Waals surface area contributed by atoms with E-state index in [-0.39, 0.29) is 0 Å². The van der Waals surface area contributed by atoms with Crippen molar-refractivity contribution >= 4 is 0 Å². The highest BCUT2D eigenvalue weighted by molar-refractivity contribution is 5.45. The fraction of sp³-hybridized carbons (Fsp3) is 0.188. The van der Waals surface area contributed by atoms with Crippen LogP contribution in [0.1, 0.15) is 24.5 Å². The monoisotopic (exact) mass is 225 g/mol. The first-order chi connectivity index (χ1) is 8.40. The molecule has 0 fully saturated rings. The lowest BCUT2D eigenvalue weighted by molar-refractivity contribution is 0.316. The van der Waals surface area contributed by atoms with Crippen LogP contribution in [0, 0.1) is 6.42 Å². The van der Waals surface area contributed by atoms with E-state index in [2.05, 4.69) is 31.5 Å². The van der Waals surface area contributed by atoms with Gasteiger partial charge in [-0.3, -0.25) is 0 Å². The molecule has 0 aromatic heterocycles. The largest absolute Gasteiger partial charge is 0.493 e. The van der Waals surface area contributed by atoms with Crippen molar-refractivity contribution in [2.45, 2.75) is 13.3 Å².